The third-order valence-corrected chi connectivity index (χ3v) is 4.08. The van der Waals surface area contributed by atoms with E-state index in [9.17, 15) is 0 Å². The Hall–Kier alpha value is -1.13. The van der Waals surface area contributed by atoms with Gasteiger partial charge in [-0.1, -0.05) is 29.8 Å². The molecule has 1 aromatic carbocycles. The summed E-state index contributed by atoms with van der Waals surface area (Å²) < 4.78 is 4.03. The monoisotopic (exact) mass is 364 g/mol. The van der Waals surface area contributed by atoms with Crippen LogP contribution in [0.25, 0.3) is 16.9 Å². The second-order valence-electron chi connectivity index (χ2n) is 4.19. The molecule has 2 heterocycles. The molecule has 0 bridgehead atoms. The van der Waals surface area contributed by atoms with Gasteiger partial charge in [-0.15, -0.1) is 0 Å². The topological polar surface area (TPSA) is 17.3 Å². The first kappa shape index (κ1) is 11.9. The van der Waals surface area contributed by atoms with E-state index in [-0.39, 0.29) is 0 Å². The lowest BCUT2D eigenvalue weighted by molar-refractivity contribution is 1.14. The zero-order valence-corrected chi connectivity index (χ0v) is 12.9. The number of nitrogens with zero attached hydrogens (tertiary/aromatic N) is 2. The summed E-state index contributed by atoms with van der Waals surface area (Å²) in [6.45, 7) is 2.08. The van der Waals surface area contributed by atoms with Crippen LogP contribution in [0, 0.1) is 6.92 Å². The van der Waals surface area contributed by atoms with Crippen LogP contribution in [0.5, 0.6) is 0 Å². The third-order valence-electron chi connectivity index (χ3n) is 2.85. The molecular formula is C14H10Br2N2. The number of aryl methyl sites for hydroxylation is 1. The van der Waals surface area contributed by atoms with E-state index in [4.69, 9.17) is 0 Å². The Balaban J connectivity index is 2.23. The highest BCUT2D eigenvalue weighted by Crippen LogP contribution is 2.29. The summed E-state index contributed by atoms with van der Waals surface area (Å²) in [6, 6.07) is 12.4. The average Bonchev–Trinajstić information content (AvgIpc) is 2.68. The first-order chi connectivity index (χ1) is 8.65. The molecule has 0 fully saturated rings. The number of aromatic nitrogens is 2. The highest BCUT2D eigenvalue weighted by Gasteiger charge is 2.11. The number of hydrogen-bond donors (Lipinski definition) is 0. The number of halogens is 2. The van der Waals surface area contributed by atoms with Crippen LogP contribution < -0.4 is 0 Å². The summed E-state index contributed by atoms with van der Waals surface area (Å²) in [4.78, 5) is 4.65. The summed E-state index contributed by atoms with van der Waals surface area (Å²) >= 11 is 7.09. The maximum Gasteiger partial charge on any atom is 0.138 e. The van der Waals surface area contributed by atoms with Crippen LogP contribution >= 0.6 is 31.9 Å². The number of pyridine rings is 1. The molecule has 0 atom stereocenters. The lowest BCUT2D eigenvalue weighted by Gasteiger charge is -1.99. The van der Waals surface area contributed by atoms with Crippen LogP contribution in [0.15, 0.2) is 51.7 Å². The lowest BCUT2D eigenvalue weighted by Crippen LogP contribution is -1.83. The Morgan fingerprint density at radius 1 is 1.00 bits per heavy atom. The van der Waals surface area contributed by atoms with Crippen molar-refractivity contribution >= 4 is 37.5 Å². The van der Waals surface area contributed by atoms with Crippen molar-refractivity contribution in [2.24, 2.45) is 0 Å². The van der Waals surface area contributed by atoms with Gasteiger partial charge in [0.05, 0.1) is 0 Å². The predicted molar refractivity (Wildman–Crippen MR) is 80.8 cm³/mol. The minimum atomic E-state index is 0.931. The van der Waals surface area contributed by atoms with Gasteiger partial charge in [-0.05, 0) is 50.9 Å². The molecule has 0 amide bonds. The van der Waals surface area contributed by atoms with Crippen molar-refractivity contribution in [3.8, 4) is 11.3 Å². The third kappa shape index (κ3) is 1.99. The van der Waals surface area contributed by atoms with E-state index in [1.165, 1.54) is 5.56 Å². The van der Waals surface area contributed by atoms with Crippen LogP contribution in [0.4, 0.5) is 0 Å². The molecule has 0 radical (unpaired) electrons. The first-order valence-corrected chi connectivity index (χ1v) is 7.14. The van der Waals surface area contributed by atoms with Gasteiger partial charge in [-0.25, -0.2) is 4.98 Å². The maximum absolute atomic E-state index is 4.65. The molecular weight excluding hydrogens is 356 g/mol. The standard InChI is InChI=1S/C14H10Br2N2/c1-9-2-4-10(5-3-9)13-14(16)18-8-11(15)6-7-12(18)17-13/h2-8H,1H3. The quantitative estimate of drug-likeness (QED) is 0.603. The lowest BCUT2D eigenvalue weighted by atomic mass is 10.1. The normalized spacial score (nSPS) is 11.1. The zero-order valence-electron chi connectivity index (χ0n) is 9.69. The zero-order chi connectivity index (χ0) is 12.7. The van der Waals surface area contributed by atoms with Gasteiger partial charge in [0.1, 0.15) is 15.9 Å². The van der Waals surface area contributed by atoms with Crippen LogP contribution in [0.1, 0.15) is 5.56 Å². The minimum Gasteiger partial charge on any atom is -0.293 e. The van der Waals surface area contributed by atoms with E-state index in [2.05, 4.69) is 68.0 Å². The van der Waals surface area contributed by atoms with Gasteiger partial charge >= 0.3 is 0 Å². The highest BCUT2D eigenvalue weighted by atomic mass is 79.9. The number of rotatable bonds is 1. The maximum atomic E-state index is 4.65. The van der Waals surface area contributed by atoms with Crippen molar-refractivity contribution in [3.05, 3.63) is 57.2 Å². The molecule has 2 aromatic heterocycles. The summed E-state index contributed by atoms with van der Waals surface area (Å²) in [5.74, 6) is 0. The Labute approximate surface area is 122 Å². The molecule has 0 spiro atoms. The van der Waals surface area contributed by atoms with Crippen molar-refractivity contribution < 1.29 is 0 Å². The fraction of sp³-hybridized carbons (Fsp3) is 0.0714. The van der Waals surface area contributed by atoms with E-state index in [0.717, 1.165) is 26.0 Å². The molecule has 0 aliphatic heterocycles. The smallest absolute Gasteiger partial charge is 0.138 e. The molecule has 0 saturated carbocycles. The molecule has 4 heteroatoms. The van der Waals surface area contributed by atoms with Crippen molar-refractivity contribution in [3.63, 3.8) is 0 Å². The highest BCUT2D eigenvalue weighted by molar-refractivity contribution is 9.10. The molecule has 3 rings (SSSR count). The van der Waals surface area contributed by atoms with Gasteiger partial charge in [0.2, 0.25) is 0 Å². The summed E-state index contributed by atoms with van der Waals surface area (Å²) in [5.41, 5.74) is 4.27. The summed E-state index contributed by atoms with van der Waals surface area (Å²) in [5, 5.41) is 0. The van der Waals surface area contributed by atoms with Crippen LogP contribution in [-0.2, 0) is 0 Å². The van der Waals surface area contributed by atoms with Crippen molar-refractivity contribution in [1.29, 1.82) is 0 Å². The molecule has 18 heavy (non-hydrogen) atoms. The minimum absolute atomic E-state index is 0.931. The molecule has 0 unspecified atom stereocenters. The first-order valence-electron chi connectivity index (χ1n) is 5.55. The predicted octanol–water partition coefficient (Wildman–Crippen LogP) is 4.83. The SMILES string of the molecule is Cc1ccc(-c2nc3ccc(Br)cn3c2Br)cc1. The van der Waals surface area contributed by atoms with E-state index >= 15 is 0 Å². The Morgan fingerprint density at radius 3 is 2.44 bits per heavy atom. The number of fused-ring (bicyclic) bond motifs is 1. The molecule has 0 N–H and O–H groups in total. The summed E-state index contributed by atoms with van der Waals surface area (Å²) in [6.07, 6.45) is 2.00. The molecule has 90 valence electrons. The second kappa shape index (κ2) is 4.52. The van der Waals surface area contributed by atoms with E-state index < -0.39 is 0 Å². The fourth-order valence-corrected chi connectivity index (χ4v) is 2.82. The second-order valence-corrected chi connectivity index (χ2v) is 5.86. The van der Waals surface area contributed by atoms with Crippen LogP contribution in [0.3, 0.4) is 0 Å². The Morgan fingerprint density at radius 2 is 1.72 bits per heavy atom. The van der Waals surface area contributed by atoms with Gasteiger partial charge in [-0.3, -0.25) is 4.40 Å². The molecule has 0 saturated heterocycles. The van der Waals surface area contributed by atoms with Gasteiger partial charge in [0, 0.05) is 16.2 Å². The van der Waals surface area contributed by atoms with Crippen molar-refractivity contribution in [2.75, 3.05) is 0 Å². The Bertz CT molecular complexity index is 714. The number of imidazole rings is 1. The number of benzene rings is 1. The van der Waals surface area contributed by atoms with Gasteiger partial charge in [-0.2, -0.15) is 0 Å². The van der Waals surface area contributed by atoms with Gasteiger partial charge in [0.15, 0.2) is 0 Å². The van der Waals surface area contributed by atoms with Crippen molar-refractivity contribution in [1.82, 2.24) is 9.38 Å². The molecule has 2 nitrogen and oxygen atoms in total. The molecule has 0 aliphatic carbocycles. The van der Waals surface area contributed by atoms with E-state index in [1.54, 1.807) is 0 Å². The molecule has 3 aromatic rings. The molecule has 0 aliphatic rings. The Kier molecular flexibility index (Phi) is 2.99. The number of hydrogen-bond acceptors (Lipinski definition) is 1. The van der Waals surface area contributed by atoms with Gasteiger partial charge < -0.3 is 0 Å². The van der Waals surface area contributed by atoms with Crippen molar-refractivity contribution in [2.45, 2.75) is 6.92 Å². The van der Waals surface area contributed by atoms with E-state index in [1.807, 2.05) is 22.7 Å². The largest absolute Gasteiger partial charge is 0.293 e. The fourth-order valence-electron chi connectivity index (χ4n) is 1.89. The van der Waals surface area contributed by atoms with Gasteiger partial charge in [0.25, 0.3) is 0 Å². The average molecular weight is 366 g/mol. The summed E-state index contributed by atoms with van der Waals surface area (Å²) in [7, 11) is 0. The van der Waals surface area contributed by atoms with Crippen LogP contribution in [-0.4, -0.2) is 9.38 Å². The van der Waals surface area contributed by atoms with Crippen LogP contribution in [0.2, 0.25) is 0 Å². The van der Waals surface area contributed by atoms with E-state index in [0.29, 0.717) is 0 Å².